The minimum atomic E-state index is -1.24. The number of hydrogen-bond acceptors (Lipinski definition) is 4. The van der Waals surface area contributed by atoms with Crippen LogP contribution in [0.3, 0.4) is 0 Å². The van der Waals surface area contributed by atoms with Crippen molar-refractivity contribution in [2.75, 3.05) is 6.61 Å². The SMILES string of the molecule is O=C(O)C1=CC(O)C(CO)O1. The Morgan fingerprint density at radius 1 is 1.73 bits per heavy atom. The van der Waals surface area contributed by atoms with Crippen LogP contribution in [0.25, 0.3) is 0 Å². The molecule has 0 aliphatic carbocycles. The Kier molecular flexibility index (Phi) is 2.11. The Bertz CT molecular complexity index is 197. The van der Waals surface area contributed by atoms with E-state index >= 15 is 0 Å². The van der Waals surface area contributed by atoms with Gasteiger partial charge in [0.05, 0.1) is 6.61 Å². The molecule has 0 saturated carbocycles. The Hall–Kier alpha value is -1.07. The predicted octanol–water partition coefficient (Wildman–Crippen LogP) is -1.29. The third-order valence-corrected chi connectivity index (χ3v) is 1.37. The van der Waals surface area contributed by atoms with Crippen molar-refractivity contribution >= 4 is 5.97 Å². The number of carboxylic acids is 1. The second-order valence-corrected chi connectivity index (χ2v) is 2.17. The third-order valence-electron chi connectivity index (χ3n) is 1.37. The fourth-order valence-electron chi connectivity index (χ4n) is 0.801. The first-order valence-corrected chi connectivity index (χ1v) is 3.06. The highest BCUT2D eigenvalue weighted by Crippen LogP contribution is 2.16. The van der Waals surface area contributed by atoms with Crippen molar-refractivity contribution in [1.82, 2.24) is 0 Å². The summed E-state index contributed by atoms with van der Waals surface area (Å²) in [5.74, 6) is -1.54. The molecule has 0 aromatic rings. The summed E-state index contributed by atoms with van der Waals surface area (Å²) >= 11 is 0. The highest BCUT2D eigenvalue weighted by Gasteiger charge is 2.29. The van der Waals surface area contributed by atoms with Crippen molar-refractivity contribution in [2.45, 2.75) is 12.2 Å². The number of hydrogen-bond donors (Lipinski definition) is 3. The lowest BCUT2D eigenvalue weighted by molar-refractivity contribution is -0.137. The van der Waals surface area contributed by atoms with Crippen molar-refractivity contribution in [1.29, 1.82) is 0 Å². The van der Waals surface area contributed by atoms with Crippen LogP contribution < -0.4 is 0 Å². The van der Waals surface area contributed by atoms with E-state index in [1.54, 1.807) is 0 Å². The van der Waals surface area contributed by atoms with Gasteiger partial charge >= 0.3 is 5.97 Å². The predicted molar refractivity (Wildman–Crippen MR) is 33.7 cm³/mol. The van der Waals surface area contributed by atoms with E-state index in [-0.39, 0.29) is 5.76 Å². The quantitative estimate of drug-likeness (QED) is 0.467. The van der Waals surface area contributed by atoms with Gasteiger partial charge in [0.25, 0.3) is 0 Å². The highest BCUT2D eigenvalue weighted by molar-refractivity contribution is 5.84. The number of carbonyl (C=O) groups is 1. The third kappa shape index (κ3) is 1.50. The lowest BCUT2D eigenvalue weighted by Crippen LogP contribution is -2.25. The average molecular weight is 160 g/mol. The lowest BCUT2D eigenvalue weighted by atomic mass is 10.2. The van der Waals surface area contributed by atoms with Crippen LogP contribution in [0.15, 0.2) is 11.8 Å². The molecule has 0 aromatic carbocycles. The van der Waals surface area contributed by atoms with Gasteiger partial charge in [0, 0.05) is 0 Å². The number of aliphatic carboxylic acids is 1. The number of ether oxygens (including phenoxy) is 1. The Balaban J connectivity index is 2.63. The van der Waals surface area contributed by atoms with E-state index in [1.165, 1.54) is 0 Å². The van der Waals surface area contributed by atoms with Gasteiger partial charge in [-0.15, -0.1) is 0 Å². The zero-order chi connectivity index (χ0) is 8.43. The normalized spacial score (nSPS) is 29.5. The largest absolute Gasteiger partial charge is 0.478 e. The van der Waals surface area contributed by atoms with E-state index in [4.69, 9.17) is 15.3 Å². The van der Waals surface area contributed by atoms with Gasteiger partial charge in [0.15, 0.2) is 6.10 Å². The minimum Gasteiger partial charge on any atom is -0.478 e. The van der Waals surface area contributed by atoms with Gasteiger partial charge in [0.1, 0.15) is 6.10 Å². The zero-order valence-corrected chi connectivity index (χ0v) is 5.60. The molecule has 5 nitrogen and oxygen atoms in total. The molecular weight excluding hydrogens is 152 g/mol. The molecule has 0 fully saturated rings. The first kappa shape index (κ1) is 8.03. The summed E-state index contributed by atoms with van der Waals surface area (Å²) in [4.78, 5) is 10.2. The second-order valence-electron chi connectivity index (χ2n) is 2.17. The Labute approximate surface area is 62.5 Å². The van der Waals surface area contributed by atoms with Crippen molar-refractivity contribution < 1.29 is 24.9 Å². The van der Waals surface area contributed by atoms with Gasteiger partial charge in [-0.25, -0.2) is 4.79 Å². The Morgan fingerprint density at radius 3 is 2.64 bits per heavy atom. The van der Waals surface area contributed by atoms with Gasteiger partial charge in [-0.2, -0.15) is 0 Å². The standard InChI is InChI=1S/C6H8O5/c7-2-5-3(8)1-4(11-5)6(9)10/h1,3,5,7-8H,2H2,(H,9,10). The summed E-state index contributed by atoms with van der Waals surface area (Å²) in [7, 11) is 0. The molecule has 2 atom stereocenters. The monoisotopic (exact) mass is 160 g/mol. The molecule has 1 heterocycles. The maximum atomic E-state index is 10.2. The fraction of sp³-hybridized carbons (Fsp3) is 0.500. The van der Waals surface area contributed by atoms with Crippen LogP contribution in [-0.4, -0.2) is 40.1 Å². The van der Waals surface area contributed by atoms with Crippen LogP contribution in [0.5, 0.6) is 0 Å². The lowest BCUT2D eigenvalue weighted by Gasteiger charge is -2.10. The van der Waals surface area contributed by atoms with Crippen LogP contribution in [0.1, 0.15) is 0 Å². The van der Waals surface area contributed by atoms with Gasteiger partial charge in [-0.1, -0.05) is 0 Å². The van der Waals surface area contributed by atoms with Crippen LogP contribution in [0.2, 0.25) is 0 Å². The van der Waals surface area contributed by atoms with E-state index in [0.717, 1.165) is 6.08 Å². The van der Waals surface area contributed by atoms with E-state index in [0.29, 0.717) is 0 Å². The molecule has 0 bridgehead atoms. The van der Waals surface area contributed by atoms with Crippen LogP contribution in [-0.2, 0) is 9.53 Å². The van der Waals surface area contributed by atoms with Gasteiger partial charge in [-0.3, -0.25) is 0 Å². The molecule has 0 spiro atoms. The van der Waals surface area contributed by atoms with Gasteiger partial charge in [0.2, 0.25) is 5.76 Å². The van der Waals surface area contributed by atoms with Gasteiger partial charge in [-0.05, 0) is 6.08 Å². The van der Waals surface area contributed by atoms with Crippen molar-refractivity contribution in [3.05, 3.63) is 11.8 Å². The van der Waals surface area contributed by atoms with E-state index < -0.39 is 24.8 Å². The summed E-state index contributed by atoms with van der Waals surface area (Å²) < 4.78 is 4.65. The van der Waals surface area contributed by atoms with Crippen molar-refractivity contribution in [3.8, 4) is 0 Å². The molecule has 5 heteroatoms. The summed E-state index contributed by atoms with van der Waals surface area (Å²) in [6, 6.07) is 0. The molecule has 0 saturated heterocycles. The van der Waals surface area contributed by atoms with E-state index in [9.17, 15) is 4.79 Å². The second kappa shape index (κ2) is 2.89. The maximum absolute atomic E-state index is 10.2. The minimum absolute atomic E-state index is 0.309. The summed E-state index contributed by atoms with van der Waals surface area (Å²) in [6.45, 7) is -0.394. The van der Waals surface area contributed by atoms with Crippen LogP contribution in [0.4, 0.5) is 0 Å². The van der Waals surface area contributed by atoms with Gasteiger partial charge < -0.3 is 20.1 Å². The van der Waals surface area contributed by atoms with Crippen LogP contribution >= 0.6 is 0 Å². The average Bonchev–Trinajstić information content (AvgIpc) is 2.31. The summed E-state index contributed by atoms with van der Waals surface area (Å²) in [6.07, 6.45) is -0.796. The van der Waals surface area contributed by atoms with Crippen LogP contribution in [0, 0.1) is 0 Å². The number of carboxylic acid groups (broad SMARTS) is 1. The smallest absolute Gasteiger partial charge is 0.370 e. The molecular formula is C6H8O5. The molecule has 11 heavy (non-hydrogen) atoms. The molecule has 3 N–H and O–H groups in total. The zero-order valence-electron chi connectivity index (χ0n) is 5.60. The summed E-state index contributed by atoms with van der Waals surface area (Å²) in [5.41, 5.74) is 0. The molecule has 2 unspecified atom stereocenters. The topological polar surface area (TPSA) is 87.0 Å². The molecule has 0 amide bonds. The van der Waals surface area contributed by atoms with Crippen molar-refractivity contribution in [3.63, 3.8) is 0 Å². The first-order chi connectivity index (χ1) is 5.15. The summed E-state index contributed by atoms with van der Waals surface area (Å²) in [5, 5.41) is 25.9. The molecule has 1 aliphatic heterocycles. The fourth-order valence-corrected chi connectivity index (χ4v) is 0.801. The van der Waals surface area contributed by atoms with E-state index in [1.807, 2.05) is 0 Å². The van der Waals surface area contributed by atoms with Crippen molar-refractivity contribution in [2.24, 2.45) is 0 Å². The molecule has 1 rings (SSSR count). The molecule has 62 valence electrons. The first-order valence-electron chi connectivity index (χ1n) is 3.06. The number of aliphatic hydroxyl groups is 2. The Morgan fingerprint density at radius 2 is 2.36 bits per heavy atom. The maximum Gasteiger partial charge on any atom is 0.370 e. The number of aliphatic hydroxyl groups excluding tert-OH is 2. The molecule has 0 radical (unpaired) electrons. The molecule has 0 aromatic heterocycles. The number of rotatable bonds is 2. The highest BCUT2D eigenvalue weighted by atomic mass is 16.5. The molecule has 1 aliphatic rings. The van der Waals surface area contributed by atoms with E-state index in [2.05, 4.69) is 4.74 Å².